The molecule has 0 aliphatic rings. The first kappa shape index (κ1) is 8.52. The van der Waals surface area contributed by atoms with Gasteiger partial charge in [-0.05, 0) is 6.07 Å². The van der Waals surface area contributed by atoms with Crippen LogP contribution in [0.15, 0.2) is 12.3 Å². The van der Waals surface area contributed by atoms with Gasteiger partial charge in [-0.2, -0.15) is 5.26 Å². The highest BCUT2D eigenvalue weighted by Crippen LogP contribution is 2.16. The second-order valence-corrected chi connectivity index (χ2v) is 2.42. The lowest BCUT2D eigenvalue weighted by atomic mass is 10.1. The summed E-state index contributed by atoms with van der Waals surface area (Å²) in [7, 11) is 0. The van der Waals surface area contributed by atoms with Crippen molar-refractivity contribution in [2.45, 2.75) is 6.54 Å². The summed E-state index contributed by atoms with van der Waals surface area (Å²) in [5.74, 6) is 0. The van der Waals surface area contributed by atoms with E-state index in [0.717, 1.165) is 0 Å². The van der Waals surface area contributed by atoms with Crippen molar-refractivity contribution in [2.75, 3.05) is 0 Å². The van der Waals surface area contributed by atoms with E-state index in [1.165, 1.54) is 6.20 Å². The van der Waals surface area contributed by atoms with E-state index in [1.807, 2.05) is 6.07 Å². The van der Waals surface area contributed by atoms with Gasteiger partial charge in [0, 0.05) is 6.20 Å². The number of hydrogen-bond donors (Lipinski definition) is 0. The van der Waals surface area contributed by atoms with Gasteiger partial charge in [0.15, 0.2) is 0 Å². The first-order chi connectivity index (χ1) is 5.79. The van der Waals surface area contributed by atoms with E-state index in [4.69, 9.17) is 23.4 Å². The summed E-state index contributed by atoms with van der Waals surface area (Å²) in [6, 6.07) is 3.54. The maximum Gasteiger partial charge on any atom is 0.241 e. The number of nitrogens with zero attached hydrogens (tertiary/aromatic N) is 3. The highest BCUT2D eigenvalue weighted by atomic mass is 35.5. The summed E-state index contributed by atoms with van der Waals surface area (Å²) in [4.78, 5) is 6.90. The lowest BCUT2D eigenvalue weighted by Gasteiger charge is -1.96. The van der Waals surface area contributed by atoms with Gasteiger partial charge in [0.25, 0.3) is 0 Å². The molecular formula is C8H4ClN3. The Morgan fingerprint density at radius 2 is 2.50 bits per heavy atom. The summed E-state index contributed by atoms with van der Waals surface area (Å²) < 4.78 is 0. The first-order valence-corrected chi connectivity index (χ1v) is 3.54. The van der Waals surface area contributed by atoms with Gasteiger partial charge in [-0.3, -0.25) is 0 Å². The Balaban J connectivity index is 3.23. The molecule has 0 spiro atoms. The van der Waals surface area contributed by atoms with Crippen LogP contribution in [0, 0.1) is 17.9 Å². The highest BCUT2D eigenvalue weighted by Gasteiger charge is 2.08. The molecule has 0 aliphatic carbocycles. The van der Waals surface area contributed by atoms with Crippen LogP contribution in [0.3, 0.4) is 0 Å². The predicted octanol–water partition coefficient (Wildman–Crippen LogP) is 2.03. The van der Waals surface area contributed by atoms with Crippen LogP contribution in [0.1, 0.15) is 11.1 Å². The fourth-order valence-electron chi connectivity index (χ4n) is 0.808. The van der Waals surface area contributed by atoms with Crippen LogP contribution in [0.2, 0.25) is 5.15 Å². The van der Waals surface area contributed by atoms with Crippen LogP contribution < -0.4 is 0 Å². The molecule has 0 aromatic carbocycles. The smallest absolute Gasteiger partial charge is 0.241 e. The van der Waals surface area contributed by atoms with E-state index < -0.39 is 0 Å². The topological polar surface area (TPSA) is 41.0 Å². The summed E-state index contributed by atoms with van der Waals surface area (Å²) in [6.45, 7) is 6.81. The normalized spacial score (nSPS) is 8.58. The fourth-order valence-corrected chi connectivity index (χ4v) is 1.03. The van der Waals surface area contributed by atoms with Crippen molar-refractivity contribution in [1.29, 1.82) is 5.26 Å². The minimum absolute atomic E-state index is 0.165. The van der Waals surface area contributed by atoms with Gasteiger partial charge in [0.05, 0.1) is 11.1 Å². The second kappa shape index (κ2) is 3.71. The van der Waals surface area contributed by atoms with Crippen molar-refractivity contribution in [3.05, 3.63) is 40.0 Å². The molecule has 0 amide bonds. The summed E-state index contributed by atoms with van der Waals surface area (Å²) >= 11 is 5.63. The SMILES string of the molecule is [C-]#[N+]Cc1ccnc(Cl)c1C#N. The van der Waals surface area contributed by atoms with Gasteiger partial charge in [-0.25, -0.2) is 11.6 Å². The third-order valence-corrected chi connectivity index (χ3v) is 1.64. The number of halogens is 1. The molecule has 0 unspecified atom stereocenters. The lowest BCUT2D eigenvalue weighted by molar-refractivity contribution is 1.18. The third kappa shape index (κ3) is 1.53. The van der Waals surface area contributed by atoms with Crippen molar-refractivity contribution in [2.24, 2.45) is 0 Å². The average molecular weight is 178 g/mol. The maximum atomic E-state index is 8.65. The standard InChI is InChI=1S/C8H4ClN3/c1-11-5-6-2-3-12-8(9)7(6)4-10/h2-3H,5H2. The molecule has 0 fully saturated rings. The Kier molecular flexibility index (Phi) is 2.63. The van der Waals surface area contributed by atoms with E-state index in [-0.39, 0.29) is 11.7 Å². The van der Waals surface area contributed by atoms with E-state index in [0.29, 0.717) is 11.1 Å². The van der Waals surface area contributed by atoms with Crippen molar-refractivity contribution < 1.29 is 0 Å². The molecule has 0 radical (unpaired) electrons. The van der Waals surface area contributed by atoms with Gasteiger partial charge in [-0.1, -0.05) is 11.6 Å². The van der Waals surface area contributed by atoms with E-state index in [9.17, 15) is 0 Å². The average Bonchev–Trinajstić information content (AvgIpc) is 2.05. The monoisotopic (exact) mass is 177 g/mol. The Morgan fingerprint density at radius 1 is 1.75 bits per heavy atom. The van der Waals surface area contributed by atoms with Crippen molar-refractivity contribution in [3.8, 4) is 6.07 Å². The van der Waals surface area contributed by atoms with Crippen LogP contribution in [0.25, 0.3) is 4.85 Å². The number of rotatable bonds is 1. The highest BCUT2D eigenvalue weighted by molar-refractivity contribution is 6.30. The molecule has 3 nitrogen and oxygen atoms in total. The van der Waals surface area contributed by atoms with Crippen LogP contribution in [-0.2, 0) is 6.54 Å². The summed E-state index contributed by atoms with van der Waals surface area (Å²) in [5.41, 5.74) is 0.933. The third-order valence-electron chi connectivity index (χ3n) is 1.35. The Hall–Kier alpha value is -1.58. The van der Waals surface area contributed by atoms with Crippen LogP contribution in [0.4, 0.5) is 0 Å². The second-order valence-electron chi connectivity index (χ2n) is 2.06. The minimum atomic E-state index is 0.165. The quantitative estimate of drug-likeness (QED) is 0.487. The molecule has 12 heavy (non-hydrogen) atoms. The van der Waals surface area contributed by atoms with Gasteiger partial charge in [0.2, 0.25) is 6.54 Å². The van der Waals surface area contributed by atoms with Gasteiger partial charge >= 0.3 is 0 Å². The molecule has 1 rings (SSSR count). The molecule has 0 saturated carbocycles. The van der Waals surface area contributed by atoms with Gasteiger partial charge in [0.1, 0.15) is 11.2 Å². The Bertz CT molecular complexity index is 373. The minimum Gasteiger partial charge on any atom is -0.312 e. The number of nitriles is 1. The van der Waals surface area contributed by atoms with Crippen molar-refractivity contribution >= 4 is 11.6 Å². The Morgan fingerprint density at radius 3 is 3.08 bits per heavy atom. The number of hydrogen-bond acceptors (Lipinski definition) is 2. The van der Waals surface area contributed by atoms with Crippen LogP contribution in [0.5, 0.6) is 0 Å². The van der Waals surface area contributed by atoms with Crippen LogP contribution in [-0.4, -0.2) is 4.98 Å². The van der Waals surface area contributed by atoms with Crippen molar-refractivity contribution in [1.82, 2.24) is 4.98 Å². The molecule has 0 saturated heterocycles. The molecule has 1 aromatic heterocycles. The molecule has 58 valence electrons. The molecule has 0 N–H and O–H groups in total. The largest absolute Gasteiger partial charge is 0.312 e. The molecule has 0 bridgehead atoms. The first-order valence-electron chi connectivity index (χ1n) is 3.16. The van der Waals surface area contributed by atoms with E-state index >= 15 is 0 Å². The molecule has 1 heterocycles. The molecule has 0 atom stereocenters. The summed E-state index contributed by atoms with van der Waals surface area (Å²) in [5, 5.41) is 8.81. The lowest BCUT2D eigenvalue weighted by Crippen LogP contribution is -1.90. The zero-order valence-corrected chi connectivity index (χ0v) is 6.84. The molecule has 0 aliphatic heterocycles. The number of pyridine rings is 1. The zero-order chi connectivity index (χ0) is 8.97. The van der Waals surface area contributed by atoms with E-state index in [1.54, 1.807) is 6.07 Å². The molecule has 4 heteroatoms. The maximum absolute atomic E-state index is 8.65. The predicted molar refractivity (Wildman–Crippen MR) is 44.3 cm³/mol. The molecular weight excluding hydrogens is 174 g/mol. The number of aromatic nitrogens is 1. The van der Waals surface area contributed by atoms with E-state index in [2.05, 4.69) is 9.83 Å². The van der Waals surface area contributed by atoms with Crippen molar-refractivity contribution in [3.63, 3.8) is 0 Å². The zero-order valence-electron chi connectivity index (χ0n) is 6.08. The van der Waals surface area contributed by atoms with Crippen LogP contribution >= 0.6 is 11.6 Å². The Labute approximate surface area is 75.0 Å². The van der Waals surface area contributed by atoms with Gasteiger partial charge < -0.3 is 4.85 Å². The molecule has 1 aromatic rings. The fraction of sp³-hybridized carbons (Fsp3) is 0.125. The van der Waals surface area contributed by atoms with Gasteiger partial charge in [-0.15, -0.1) is 0 Å². The summed E-state index contributed by atoms with van der Waals surface area (Å²) in [6.07, 6.45) is 1.49.